The Morgan fingerprint density at radius 3 is 1.91 bits per heavy atom. The summed E-state index contributed by atoms with van der Waals surface area (Å²) in [6.45, 7) is 2.21. The van der Waals surface area contributed by atoms with E-state index in [1.54, 1.807) is 12.1 Å². The molecule has 22 heavy (non-hydrogen) atoms. The smallest absolute Gasteiger partial charge is 0.282 e. The van der Waals surface area contributed by atoms with E-state index >= 15 is 0 Å². The van der Waals surface area contributed by atoms with Gasteiger partial charge in [-0.25, -0.2) is 0 Å². The zero-order valence-electron chi connectivity index (χ0n) is 14.3. The molecule has 0 aliphatic heterocycles. The molecule has 0 saturated heterocycles. The molecular weight excluding hydrogens is 318 g/mol. The van der Waals surface area contributed by atoms with E-state index in [4.69, 9.17) is 4.55 Å². The van der Waals surface area contributed by atoms with Crippen LogP contribution in [0.25, 0.3) is 0 Å². The largest absolute Gasteiger partial charge is 0.294 e. The van der Waals surface area contributed by atoms with E-state index in [1.807, 2.05) is 6.07 Å². The van der Waals surface area contributed by atoms with Gasteiger partial charge in [-0.3, -0.25) is 4.55 Å². The molecule has 0 aromatic heterocycles. The van der Waals surface area contributed by atoms with Crippen LogP contribution in [0, 0.1) is 0 Å². The topological polar surface area (TPSA) is 54.4 Å². The molecule has 0 fully saturated rings. The Labute approximate surface area is 180 Å². The van der Waals surface area contributed by atoms with Crippen LogP contribution in [0.4, 0.5) is 0 Å². The number of unbranched alkanes of at least 4 members (excludes halogenated alkanes) is 7. The zero-order valence-corrected chi connectivity index (χ0v) is 19.2. The van der Waals surface area contributed by atoms with Gasteiger partial charge in [0.25, 0.3) is 10.1 Å². The van der Waals surface area contributed by atoms with E-state index in [0.29, 0.717) is 6.42 Å². The minimum atomic E-state index is -4.09. The van der Waals surface area contributed by atoms with Crippen molar-refractivity contribution in [2.24, 2.45) is 0 Å². The molecule has 1 N–H and O–H groups in total. The fourth-order valence-electron chi connectivity index (χ4n) is 2.41. The summed E-state index contributed by atoms with van der Waals surface area (Å²) in [6.07, 6.45) is 10.5. The van der Waals surface area contributed by atoms with Gasteiger partial charge in [0.2, 0.25) is 0 Å². The van der Waals surface area contributed by atoms with Crippen LogP contribution in [0.15, 0.2) is 29.2 Å². The average molecular weight is 344 g/mol. The molecule has 6 heteroatoms. The standard InChI is InChI=1S/C16H26O3S.2Na/c1-2-3-4-5-6-7-8-9-12-15-13-10-11-14-16(15)20(17,18)19;;/h10-11,13-14H,2-9,12H2,1H3,(H,17,18,19);;. The first-order valence-electron chi connectivity index (χ1n) is 7.61. The van der Waals surface area contributed by atoms with E-state index in [2.05, 4.69) is 6.92 Å². The fraction of sp³-hybridized carbons (Fsp3) is 0.625. The van der Waals surface area contributed by atoms with Gasteiger partial charge in [-0.2, -0.15) is 8.42 Å². The molecule has 0 spiro atoms. The Morgan fingerprint density at radius 1 is 0.864 bits per heavy atom. The summed E-state index contributed by atoms with van der Waals surface area (Å²) in [5, 5.41) is 0. The van der Waals surface area contributed by atoms with E-state index < -0.39 is 10.1 Å². The van der Waals surface area contributed by atoms with Crippen molar-refractivity contribution in [3.05, 3.63) is 29.8 Å². The van der Waals surface area contributed by atoms with Gasteiger partial charge in [0, 0.05) is 59.1 Å². The molecule has 116 valence electrons. The summed E-state index contributed by atoms with van der Waals surface area (Å²) in [5.74, 6) is 0. The quantitative estimate of drug-likeness (QED) is 0.398. The van der Waals surface area contributed by atoms with Gasteiger partial charge in [-0.05, 0) is 24.5 Å². The second-order valence-electron chi connectivity index (χ2n) is 5.31. The van der Waals surface area contributed by atoms with Crippen molar-refractivity contribution >= 4 is 69.2 Å². The predicted octanol–water partition coefficient (Wildman–Crippen LogP) is 3.85. The van der Waals surface area contributed by atoms with Crippen molar-refractivity contribution < 1.29 is 13.0 Å². The van der Waals surface area contributed by atoms with Gasteiger partial charge in [0.15, 0.2) is 0 Å². The van der Waals surface area contributed by atoms with Crippen LogP contribution in [-0.4, -0.2) is 72.1 Å². The molecule has 0 aliphatic carbocycles. The van der Waals surface area contributed by atoms with E-state index in [1.165, 1.54) is 44.6 Å². The summed E-state index contributed by atoms with van der Waals surface area (Å²) in [7, 11) is -4.09. The predicted molar refractivity (Wildman–Crippen MR) is 94.1 cm³/mol. The van der Waals surface area contributed by atoms with Gasteiger partial charge < -0.3 is 0 Å². The molecule has 0 saturated carbocycles. The van der Waals surface area contributed by atoms with Crippen molar-refractivity contribution in [1.29, 1.82) is 0 Å². The Hall–Kier alpha value is 1.13. The number of rotatable bonds is 10. The van der Waals surface area contributed by atoms with E-state index in [-0.39, 0.29) is 64.0 Å². The van der Waals surface area contributed by atoms with Crippen LogP contribution in [0.5, 0.6) is 0 Å². The first kappa shape index (κ1) is 25.4. The molecule has 0 amide bonds. The fourth-order valence-corrected chi connectivity index (χ4v) is 3.16. The molecule has 0 atom stereocenters. The van der Waals surface area contributed by atoms with Gasteiger partial charge in [0.05, 0.1) is 4.90 Å². The van der Waals surface area contributed by atoms with Crippen molar-refractivity contribution in [3.63, 3.8) is 0 Å². The van der Waals surface area contributed by atoms with E-state index in [9.17, 15) is 8.42 Å². The normalized spacial score (nSPS) is 10.6. The maximum absolute atomic E-state index is 11.2. The second kappa shape index (κ2) is 14.5. The Bertz CT molecular complexity index is 490. The monoisotopic (exact) mass is 344 g/mol. The van der Waals surface area contributed by atoms with Crippen LogP contribution in [0.2, 0.25) is 0 Å². The van der Waals surface area contributed by atoms with Crippen molar-refractivity contribution in [3.8, 4) is 0 Å². The molecule has 1 rings (SSSR count). The Kier molecular flexibility index (Phi) is 16.7. The second-order valence-corrected chi connectivity index (χ2v) is 6.70. The third-order valence-corrected chi connectivity index (χ3v) is 4.50. The van der Waals surface area contributed by atoms with Crippen LogP contribution in [-0.2, 0) is 16.5 Å². The average Bonchev–Trinajstić information content (AvgIpc) is 2.41. The number of hydrogen-bond donors (Lipinski definition) is 1. The molecule has 3 nitrogen and oxygen atoms in total. The molecular formula is C16H26Na2O3S. The van der Waals surface area contributed by atoms with Crippen molar-refractivity contribution in [2.75, 3.05) is 0 Å². The molecule has 0 heterocycles. The summed E-state index contributed by atoms with van der Waals surface area (Å²) in [5.41, 5.74) is 0.723. The third-order valence-electron chi connectivity index (χ3n) is 3.55. The SMILES string of the molecule is CCCCCCCCCCc1ccccc1S(=O)(=O)O.[Na].[Na]. The van der Waals surface area contributed by atoms with E-state index in [0.717, 1.165) is 18.4 Å². The van der Waals surface area contributed by atoms with Crippen LogP contribution in [0.1, 0.15) is 63.9 Å². The van der Waals surface area contributed by atoms with Crippen molar-refractivity contribution in [1.82, 2.24) is 0 Å². The van der Waals surface area contributed by atoms with Gasteiger partial charge >= 0.3 is 0 Å². The Morgan fingerprint density at radius 2 is 1.36 bits per heavy atom. The van der Waals surface area contributed by atoms with Crippen LogP contribution >= 0.6 is 0 Å². The summed E-state index contributed by atoms with van der Waals surface area (Å²) >= 11 is 0. The summed E-state index contributed by atoms with van der Waals surface area (Å²) in [6, 6.07) is 6.70. The third kappa shape index (κ3) is 10.8. The minimum Gasteiger partial charge on any atom is -0.282 e. The molecule has 0 unspecified atom stereocenters. The van der Waals surface area contributed by atoms with Gasteiger partial charge in [-0.15, -0.1) is 0 Å². The number of hydrogen-bond acceptors (Lipinski definition) is 2. The van der Waals surface area contributed by atoms with Crippen LogP contribution < -0.4 is 0 Å². The molecule has 1 aromatic carbocycles. The number of benzene rings is 1. The molecule has 0 aliphatic rings. The van der Waals surface area contributed by atoms with Gasteiger partial charge in [0.1, 0.15) is 0 Å². The first-order chi connectivity index (χ1) is 9.55. The molecule has 1 aromatic rings. The molecule has 0 bridgehead atoms. The Balaban J connectivity index is 0. The maximum Gasteiger partial charge on any atom is 0.294 e. The van der Waals surface area contributed by atoms with Crippen LogP contribution in [0.3, 0.4) is 0 Å². The summed E-state index contributed by atoms with van der Waals surface area (Å²) < 4.78 is 31.7. The summed E-state index contributed by atoms with van der Waals surface area (Å²) in [4.78, 5) is 0.0583. The maximum atomic E-state index is 11.2. The zero-order chi connectivity index (χ0) is 14.8. The minimum absolute atomic E-state index is 0. The number of aryl methyl sites for hydroxylation is 1. The first-order valence-corrected chi connectivity index (χ1v) is 9.05. The van der Waals surface area contributed by atoms with Crippen molar-refractivity contribution in [2.45, 2.75) is 69.6 Å². The molecule has 2 radical (unpaired) electrons. The van der Waals surface area contributed by atoms with Gasteiger partial charge in [-0.1, -0.05) is 70.1 Å².